The van der Waals surface area contributed by atoms with Gasteiger partial charge in [0.1, 0.15) is 12.4 Å². The molecule has 0 bridgehead atoms. The second-order valence-electron chi connectivity index (χ2n) is 6.64. The van der Waals surface area contributed by atoms with Gasteiger partial charge >= 0.3 is 0 Å². The van der Waals surface area contributed by atoms with Crippen LogP contribution >= 0.6 is 0 Å². The highest BCUT2D eigenvalue weighted by atomic mass is 16.5. The van der Waals surface area contributed by atoms with Gasteiger partial charge in [0.15, 0.2) is 0 Å². The lowest BCUT2D eigenvalue weighted by molar-refractivity contribution is 0.0635. The number of nitrogens with zero attached hydrogens (tertiary/aromatic N) is 1. The van der Waals surface area contributed by atoms with E-state index < -0.39 is 0 Å². The van der Waals surface area contributed by atoms with Crippen LogP contribution in [0.5, 0.6) is 5.75 Å². The molecule has 25 heavy (non-hydrogen) atoms. The Hall–Kier alpha value is -2.33. The maximum absolute atomic E-state index is 12.8. The van der Waals surface area contributed by atoms with Crippen LogP contribution in [0.1, 0.15) is 47.7 Å². The zero-order valence-corrected chi connectivity index (χ0v) is 14.8. The standard InChI is InChI=1S/C21H26N2O2/c1-16-7-5-6-12-23(16)21(24)18-10-11-20(19(13-18)14-22)25-15-17-8-3-2-4-9-17/h2-4,8-11,13,16H,5-7,12,14-15,22H2,1H3. The van der Waals surface area contributed by atoms with Crippen LogP contribution in [0.15, 0.2) is 48.5 Å². The number of ether oxygens (including phenoxy) is 1. The SMILES string of the molecule is CC1CCCCN1C(=O)c1ccc(OCc2ccccc2)c(CN)c1. The quantitative estimate of drug-likeness (QED) is 0.903. The first-order chi connectivity index (χ1) is 12.2. The number of likely N-dealkylation sites (tertiary alicyclic amines) is 1. The summed E-state index contributed by atoms with van der Waals surface area (Å²) in [5, 5.41) is 0. The molecule has 0 aliphatic carbocycles. The first-order valence-electron chi connectivity index (χ1n) is 8.99. The van der Waals surface area contributed by atoms with Gasteiger partial charge in [-0.15, -0.1) is 0 Å². The van der Waals surface area contributed by atoms with Gasteiger partial charge in [0, 0.05) is 30.3 Å². The average molecular weight is 338 g/mol. The zero-order valence-electron chi connectivity index (χ0n) is 14.8. The molecular weight excluding hydrogens is 312 g/mol. The molecular formula is C21H26N2O2. The summed E-state index contributed by atoms with van der Waals surface area (Å²) < 4.78 is 5.91. The van der Waals surface area contributed by atoms with Crippen molar-refractivity contribution in [1.29, 1.82) is 0 Å². The number of hydrogen-bond acceptors (Lipinski definition) is 3. The molecule has 1 aliphatic heterocycles. The minimum Gasteiger partial charge on any atom is -0.489 e. The molecule has 2 aromatic carbocycles. The molecule has 3 rings (SSSR count). The van der Waals surface area contributed by atoms with Crippen molar-refractivity contribution in [3.8, 4) is 5.75 Å². The molecule has 1 heterocycles. The van der Waals surface area contributed by atoms with Gasteiger partial charge in [0.25, 0.3) is 5.91 Å². The molecule has 2 aromatic rings. The Balaban J connectivity index is 1.73. The van der Waals surface area contributed by atoms with Gasteiger partial charge in [-0.2, -0.15) is 0 Å². The van der Waals surface area contributed by atoms with Crippen molar-refractivity contribution in [2.45, 2.75) is 45.4 Å². The maximum atomic E-state index is 12.8. The van der Waals surface area contributed by atoms with E-state index in [0.29, 0.717) is 24.8 Å². The first kappa shape index (κ1) is 17.5. The van der Waals surface area contributed by atoms with E-state index >= 15 is 0 Å². The Kier molecular flexibility index (Phi) is 5.71. The number of carbonyl (C=O) groups excluding carboxylic acids is 1. The maximum Gasteiger partial charge on any atom is 0.254 e. The predicted octanol–water partition coefficient (Wildman–Crippen LogP) is 3.74. The second kappa shape index (κ2) is 8.17. The number of hydrogen-bond donors (Lipinski definition) is 1. The van der Waals surface area contributed by atoms with Crippen LogP contribution in [-0.2, 0) is 13.2 Å². The summed E-state index contributed by atoms with van der Waals surface area (Å²) in [6, 6.07) is 15.9. The fourth-order valence-electron chi connectivity index (χ4n) is 3.31. The molecule has 132 valence electrons. The molecule has 1 amide bonds. The van der Waals surface area contributed by atoms with Crippen molar-refractivity contribution in [2.24, 2.45) is 5.73 Å². The van der Waals surface area contributed by atoms with Crippen LogP contribution < -0.4 is 10.5 Å². The van der Waals surface area contributed by atoms with E-state index in [1.54, 1.807) is 0 Å². The molecule has 4 nitrogen and oxygen atoms in total. The molecule has 0 radical (unpaired) electrons. The van der Waals surface area contributed by atoms with Crippen molar-refractivity contribution in [3.05, 3.63) is 65.2 Å². The molecule has 4 heteroatoms. The number of nitrogens with two attached hydrogens (primary N) is 1. The summed E-state index contributed by atoms with van der Waals surface area (Å²) in [5.74, 6) is 0.839. The highest BCUT2D eigenvalue weighted by Gasteiger charge is 2.24. The summed E-state index contributed by atoms with van der Waals surface area (Å²) >= 11 is 0. The number of amides is 1. The minimum absolute atomic E-state index is 0.0940. The largest absolute Gasteiger partial charge is 0.489 e. The third-order valence-corrected chi connectivity index (χ3v) is 4.83. The number of carbonyl (C=O) groups is 1. The van der Waals surface area contributed by atoms with E-state index in [0.717, 1.165) is 36.3 Å². The van der Waals surface area contributed by atoms with Crippen molar-refractivity contribution in [1.82, 2.24) is 4.90 Å². The second-order valence-corrected chi connectivity index (χ2v) is 6.64. The van der Waals surface area contributed by atoms with Gasteiger partial charge in [-0.25, -0.2) is 0 Å². The van der Waals surface area contributed by atoms with E-state index in [-0.39, 0.29) is 5.91 Å². The Bertz CT molecular complexity index is 715. The fraction of sp³-hybridized carbons (Fsp3) is 0.381. The Morgan fingerprint density at radius 2 is 2.00 bits per heavy atom. The Morgan fingerprint density at radius 1 is 1.20 bits per heavy atom. The molecule has 1 aliphatic rings. The molecule has 2 N–H and O–H groups in total. The zero-order chi connectivity index (χ0) is 17.6. The molecule has 1 atom stereocenters. The normalized spacial score (nSPS) is 17.4. The lowest BCUT2D eigenvalue weighted by atomic mass is 10.0. The lowest BCUT2D eigenvalue weighted by Gasteiger charge is -2.33. The van der Waals surface area contributed by atoms with Crippen LogP contribution in [0.4, 0.5) is 0 Å². The summed E-state index contributed by atoms with van der Waals surface area (Å²) in [6.45, 7) is 3.80. The summed E-state index contributed by atoms with van der Waals surface area (Å²) in [4.78, 5) is 14.8. The molecule has 1 saturated heterocycles. The van der Waals surface area contributed by atoms with Crippen molar-refractivity contribution in [3.63, 3.8) is 0 Å². The van der Waals surface area contributed by atoms with Gasteiger partial charge in [0.05, 0.1) is 0 Å². The lowest BCUT2D eigenvalue weighted by Crippen LogP contribution is -2.42. The predicted molar refractivity (Wildman–Crippen MR) is 99.5 cm³/mol. The van der Waals surface area contributed by atoms with Gasteiger partial charge in [0.2, 0.25) is 0 Å². The third kappa shape index (κ3) is 4.20. The monoisotopic (exact) mass is 338 g/mol. The van der Waals surface area contributed by atoms with E-state index in [1.807, 2.05) is 53.4 Å². The summed E-state index contributed by atoms with van der Waals surface area (Å²) in [7, 11) is 0. The Morgan fingerprint density at radius 3 is 2.72 bits per heavy atom. The van der Waals surface area contributed by atoms with Crippen LogP contribution in [0.2, 0.25) is 0 Å². The summed E-state index contributed by atoms with van der Waals surface area (Å²) in [5.41, 5.74) is 8.56. The first-order valence-corrected chi connectivity index (χ1v) is 8.99. The molecule has 1 unspecified atom stereocenters. The Labute approximate surface area is 149 Å². The van der Waals surface area contributed by atoms with Crippen LogP contribution in [0, 0.1) is 0 Å². The van der Waals surface area contributed by atoms with Crippen molar-refractivity contribution in [2.75, 3.05) is 6.54 Å². The van der Waals surface area contributed by atoms with Crippen LogP contribution in [0.25, 0.3) is 0 Å². The molecule has 1 fully saturated rings. The van der Waals surface area contributed by atoms with Gasteiger partial charge in [-0.3, -0.25) is 4.79 Å². The third-order valence-electron chi connectivity index (χ3n) is 4.83. The smallest absolute Gasteiger partial charge is 0.254 e. The number of benzene rings is 2. The van der Waals surface area contributed by atoms with E-state index in [4.69, 9.17) is 10.5 Å². The topological polar surface area (TPSA) is 55.6 Å². The number of piperidine rings is 1. The van der Waals surface area contributed by atoms with E-state index in [1.165, 1.54) is 6.42 Å². The average Bonchev–Trinajstić information content (AvgIpc) is 2.67. The highest BCUT2D eigenvalue weighted by molar-refractivity contribution is 5.95. The molecule has 0 saturated carbocycles. The highest BCUT2D eigenvalue weighted by Crippen LogP contribution is 2.24. The molecule has 0 spiro atoms. The van der Waals surface area contributed by atoms with E-state index in [9.17, 15) is 4.79 Å². The van der Waals surface area contributed by atoms with Gasteiger partial charge in [-0.1, -0.05) is 30.3 Å². The van der Waals surface area contributed by atoms with Crippen LogP contribution in [0.3, 0.4) is 0 Å². The van der Waals surface area contributed by atoms with Gasteiger partial charge in [-0.05, 0) is 49.9 Å². The minimum atomic E-state index is 0.0940. The van der Waals surface area contributed by atoms with Crippen molar-refractivity contribution < 1.29 is 9.53 Å². The van der Waals surface area contributed by atoms with Gasteiger partial charge < -0.3 is 15.4 Å². The number of rotatable bonds is 5. The summed E-state index contributed by atoms with van der Waals surface area (Å²) in [6.07, 6.45) is 3.36. The van der Waals surface area contributed by atoms with E-state index in [2.05, 4.69) is 6.92 Å². The fourth-order valence-corrected chi connectivity index (χ4v) is 3.31. The van der Waals surface area contributed by atoms with Crippen molar-refractivity contribution >= 4 is 5.91 Å². The van der Waals surface area contributed by atoms with Crippen LogP contribution in [-0.4, -0.2) is 23.4 Å². The molecule has 0 aromatic heterocycles.